The van der Waals surface area contributed by atoms with Gasteiger partial charge in [0.05, 0.1) is 33.9 Å². The van der Waals surface area contributed by atoms with Gasteiger partial charge in [0.15, 0.2) is 0 Å². The fourth-order valence-electron chi connectivity index (χ4n) is 3.10. The average molecular weight is 560 g/mol. The second-order valence-corrected chi connectivity index (χ2v) is 10.0. The topological polar surface area (TPSA) is 125 Å². The molecular weight excluding hydrogens is 538 g/mol. The van der Waals surface area contributed by atoms with Crippen molar-refractivity contribution in [1.82, 2.24) is 5.43 Å². The predicted molar refractivity (Wildman–Crippen MR) is 136 cm³/mol. The summed E-state index contributed by atoms with van der Waals surface area (Å²) in [5.74, 6) is -1.40. The number of methoxy groups -OCH3 is 1. The lowest BCUT2D eigenvalue weighted by molar-refractivity contribution is -0.119. The number of ether oxygens (including phenoxy) is 1. The first-order valence-electron chi connectivity index (χ1n) is 10.2. The molecule has 0 bridgehead atoms. The molecule has 0 aliphatic rings. The standard InChI is InChI=1S/C24H22BrN3O6S/c1-16-7-9-18(10-8-16)28(35(32,33)19-11-12-22(34-2)21(25)13-19)15-23(29)27-26-14-17-5-3-4-6-20(17)24(30)31/h3-14H,15H2,1-2H3,(H,27,29)(H,30,31)/b26-14-. The minimum Gasteiger partial charge on any atom is -0.496 e. The molecule has 1 amide bonds. The summed E-state index contributed by atoms with van der Waals surface area (Å²) in [5, 5.41) is 13.1. The Bertz CT molecular complexity index is 1370. The van der Waals surface area contributed by atoms with Gasteiger partial charge < -0.3 is 9.84 Å². The number of nitrogens with zero attached hydrogens (tertiary/aromatic N) is 2. The highest BCUT2D eigenvalue weighted by Crippen LogP contribution is 2.30. The normalized spacial score (nSPS) is 11.3. The number of hydrogen-bond donors (Lipinski definition) is 2. The summed E-state index contributed by atoms with van der Waals surface area (Å²) in [7, 11) is -2.68. The first-order chi connectivity index (χ1) is 16.6. The minimum absolute atomic E-state index is 0.0134. The number of aryl methyl sites for hydroxylation is 1. The van der Waals surface area contributed by atoms with Crippen molar-refractivity contribution in [3.63, 3.8) is 0 Å². The smallest absolute Gasteiger partial charge is 0.336 e. The Morgan fingerprint density at radius 1 is 1.11 bits per heavy atom. The Kier molecular flexibility index (Phi) is 8.26. The van der Waals surface area contributed by atoms with E-state index in [0.29, 0.717) is 10.2 Å². The number of sulfonamides is 1. The molecular formula is C24H22BrN3O6S. The number of rotatable bonds is 9. The van der Waals surface area contributed by atoms with Crippen molar-refractivity contribution in [2.75, 3.05) is 18.0 Å². The largest absolute Gasteiger partial charge is 0.496 e. The van der Waals surface area contributed by atoms with E-state index in [0.717, 1.165) is 9.87 Å². The Labute approximate surface area is 211 Å². The Balaban J connectivity index is 1.88. The monoisotopic (exact) mass is 559 g/mol. The predicted octanol–water partition coefficient (Wildman–Crippen LogP) is 3.81. The van der Waals surface area contributed by atoms with Crippen LogP contribution in [0.25, 0.3) is 0 Å². The molecule has 35 heavy (non-hydrogen) atoms. The van der Waals surface area contributed by atoms with E-state index in [1.54, 1.807) is 36.4 Å². The van der Waals surface area contributed by atoms with Gasteiger partial charge in [-0.1, -0.05) is 35.9 Å². The lowest BCUT2D eigenvalue weighted by Crippen LogP contribution is -2.39. The number of carbonyl (C=O) groups is 2. The summed E-state index contributed by atoms with van der Waals surface area (Å²) < 4.78 is 33.6. The molecule has 3 aromatic rings. The van der Waals surface area contributed by atoms with Gasteiger partial charge in [-0.2, -0.15) is 5.10 Å². The van der Waals surface area contributed by atoms with Crippen molar-refractivity contribution in [3.8, 4) is 5.75 Å². The molecule has 3 aromatic carbocycles. The summed E-state index contributed by atoms with van der Waals surface area (Å²) in [5.41, 5.74) is 3.77. The zero-order valence-corrected chi connectivity index (χ0v) is 21.2. The summed E-state index contributed by atoms with van der Waals surface area (Å²) in [6, 6.07) is 17.1. The molecule has 3 rings (SSSR count). The van der Waals surface area contributed by atoms with Gasteiger partial charge in [-0.3, -0.25) is 9.10 Å². The van der Waals surface area contributed by atoms with Crippen LogP contribution in [0.1, 0.15) is 21.5 Å². The summed E-state index contributed by atoms with van der Waals surface area (Å²) in [4.78, 5) is 23.9. The molecule has 0 spiro atoms. The molecule has 0 aromatic heterocycles. The van der Waals surface area contributed by atoms with Crippen LogP contribution in [0.5, 0.6) is 5.75 Å². The number of hydrogen-bond acceptors (Lipinski definition) is 6. The molecule has 2 N–H and O–H groups in total. The number of benzene rings is 3. The Morgan fingerprint density at radius 3 is 2.43 bits per heavy atom. The van der Waals surface area contributed by atoms with E-state index in [-0.39, 0.29) is 21.7 Å². The first-order valence-corrected chi connectivity index (χ1v) is 12.4. The first kappa shape index (κ1) is 25.9. The van der Waals surface area contributed by atoms with E-state index in [9.17, 15) is 23.1 Å². The molecule has 0 aliphatic carbocycles. The van der Waals surface area contributed by atoms with Gasteiger partial charge in [0.25, 0.3) is 15.9 Å². The highest BCUT2D eigenvalue weighted by atomic mass is 79.9. The van der Waals surface area contributed by atoms with Crippen LogP contribution >= 0.6 is 15.9 Å². The SMILES string of the molecule is COc1ccc(S(=O)(=O)N(CC(=O)N/N=C\c2ccccc2C(=O)O)c2ccc(C)cc2)cc1Br. The maximum atomic E-state index is 13.5. The van der Waals surface area contributed by atoms with Crippen LogP contribution in [0, 0.1) is 6.92 Å². The molecule has 182 valence electrons. The molecule has 9 nitrogen and oxygen atoms in total. The number of carboxylic acid groups (broad SMARTS) is 1. The van der Waals surface area contributed by atoms with Crippen molar-refractivity contribution in [2.45, 2.75) is 11.8 Å². The summed E-state index contributed by atoms with van der Waals surface area (Å²) in [6.45, 7) is 1.30. The van der Waals surface area contributed by atoms with Gasteiger partial charge in [-0.15, -0.1) is 0 Å². The van der Waals surface area contributed by atoms with E-state index in [2.05, 4.69) is 26.5 Å². The number of hydrazone groups is 1. The minimum atomic E-state index is -4.15. The lowest BCUT2D eigenvalue weighted by Gasteiger charge is -2.24. The van der Waals surface area contributed by atoms with Gasteiger partial charge in [0, 0.05) is 5.56 Å². The Hall–Kier alpha value is -3.70. The highest BCUT2D eigenvalue weighted by molar-refractivity contribution is 9.10. The molecule has 0 fully saturated rings. The van der Waals surface area contributed by atoms with Crippen LogP contribution in [-0.4, -0.2) is 45.3 Å². The zero-order valence-electron chi connectivity index (χ0n) is 18.8. The van der Waals surface area contributed by atoms with Crippen LogP contribution in [0.4, 0.5) is 5.69 Å². The van der Waals surface area contributed by atoms with Crippen molar-refractivity contribution < 1.29 is 27.9 Å². The highest BCUT2D eigenvalue weighted by Gasteiger charge is 2.28. The molecule has 0 unspecified atom stereocenters. The van der Waals surface area contributed by atoms with Gasteiger partial charge in [-0.05, 0) is 59.3 Å². The van der Waals surface area contributed by atoms with Crippen molar-refractivity contribution in [2.24, 2.45) is 5.10 Å². The third kappa shape index (κ3) is 6.25. The number of anilines is 1. The zero-order chi connectivity index (χ0) is 25.6. The molecule has 0 aliphatic heterocycles. The molecule has 0 atom stereocenters. The van der Waals surface area contributed by atoms with Gasteiger partial charge >= 0.3 is 5.97 Å². The fourth-order valence-corrected chi connectivity index (χ4v) is 5.24. The van der Waals surface area contributed by atoms with Gasteiger partial charge in [-0.25, -0.2) is 18.6 Å². The van der Waals surface area contributed by atoms with Crippen LogP contribution in [0.15, 0.2) is 81.2 Å². The van der Waals surface area contributed by atoms with Gasteiger partial charge in [0.2, 0.25) is 0 Å². The molecule has 0 heterocycles. The average Bonchev–Trinajstić information content (AvgIpc) is 2.83. The Morgan fingerprint density at radius 2 is 1.80 bits per heavy atom. The molecule has 11 heteroatoms. The van der Waals surface area contributed by atoms with Crippen LogP contribution < -0.4 is 14.5 Å². The van der Waals surface area contributed by atoms with Crippen LogP contribution in [0.2, 0.25) is 0 Å². The molecule has 0 saturated carbocycles. The number of nitrogens with one attached hydrogen (secondary N) is 1. The number of amides is 1. The summed E-state index contributed by atoms with van der Waals surface area (Å²) in [6.07, 6.45) is 1.19. The van der Waals surface area contributed by atoms with Crippen molar-refractivity contribution >= 4 is 49.7 Å². The number of halogens is 1. The van der Waals surface area contributed by atoms with E-state index in [4.69, 9.17) is 4.74 Å². The van der Waals surface area contributed by atoms with Crippen molar-refractivity contribution in [1.29, 1.82) is 0 Å². The molecule has 0 saturated heterocycles. The fraction of sp³-hybridized carbons (Fsp3) is 0.125. The van der Waals surface area contributed by atoms with E-state index in [1.165, 1.54) is 43.7 Å². The third-order valence-corrected chi connectivity index (χ3v) is 7.29. The third-order valence-electron chi connectivity index (χ3n) is 4.90. The van der Waals surface area contributed by atoms with Crippen LogP contribution in [0.3, 0.4) is 0 Å². The number of carbonyl (C=O) groups excluding carboxylic acids is 1. The van der Waals surface area contributed by atoms with Gasteiger partial charge in [0.1, 0.15) is 12.3 Å². The lowest BCUT2D eigenvalue weighted by atomic mass is 10.1. The second kappa shape index (κ2) is 11.2. The second-order valence-electron chi connectivity index (χ2n) is 7.33. The summed E-state index contributed by atoms with van der Waals surface area (Å²) >= 11 is 3.29. The quantitative estimate of drug-likeness (QED) is 0.303. The number of aromatic carboxylic acids is 1. The van der Waals surface area contributed by atoms with E-state index < -0.39 is 28.4 Å². The van der Waals surface area contributed by atoms with E-state index in [1.807, 2.05) is 6.92 Å². The maximum Gasteiger partial charge on any atom is 0.336 e. The van der Waals surface area contributed by atoms with Crippen LogP contribution in [-0.2, 0) is 14.8 Å². The van der Waals surface area contributed by atoms with E-state index >= 15 is 0 Å². The number of carboxylic acids is 1. The van der Waals surface area contributed by atoms with Crippen molar-refractivity contribution in [3.05, 3.63) is 87.9 Å². The maximum absolute atomic E-state index is 13.5. The molecule has 0 radical (unpaired) electrons.